The number of para-hydroxylation sites is 1. The molecule has 0 heterocycles. The number of benzene rings is 2. The average Bonchev–Trinajstić information content (AvgIpc) is 2.69. The van der Waals surface area contributed by atoms with E-state index >= 15 is 0 Å². The van der Waals surface area contributed by atoms with E-state index in [-0.39, 0.29) is 10.8 Å². The maximum Gasteiger partial charge on any atom is 0.253 e. The second kappa shape index (κ2) is 9.53. The summed E-state index contributed by atoms with van der Waals surface area (Å²) in [7, 11) is -1.93. The van der Waals surface area contributed by atoms with Gasteiger partial charge >= 0.3 is 0 Å². The van der Waals surface area contributed by atoms with Crippen molar-refractivity contribution in [1.29, 1.82) is 0 Å². The molecule has 0 unspecified atom stereocenters. The number of carbonyl (C=O) groups excluding carboxylic acids is 1. The summed E-state index contributed by atoms with van der Waals surface area (Å²) in [4.78, 5) is 14.3. The van der Waals surface area contributed by atoms with Crippen LogP contribution in [0.4, 0.5) is 0 Å². The normalized spacial score (nSPS) is 11.4. The van der Waals surface area contributed by atoms with E-state index in [1.54, 1.807) is 33.0 Å². The standard InChI is InChI=1S/C20H26N2O4S/c1-4-22(5-2)27(24,25)19-13-9-10-17(16-19)20(23)21(3)14-15-26-18-11-7-6-8-12-18/h6-13,16H,4-5,14-15H2,1-3H3. The van der Waals surface area contributed by atoms with Crippen LogP contribution in [0.25, 0.3) is 0 Å². The van der Waals surface area contributed by atoms with E-state index < -0.39 is 10.0 Å². The van der Waals surface area contributed by atoms with Gasteiger partial charge < -0.3 is 9.64 Å². The highest BCUT2D eigenvalue weighted by Crippen LogP contribution is 2.18. The van der Waals surface area contributed by atoms with Gasteiger partial charge in [0.05, 0.1) is 11.4 Å². The van der Waals surface area contributed by atoms with E-state index in [2.05, 4.69) is 0 Å². The summed E-state index contributed by atoms with van der Waals surface area (Å²) in [6.45, 7) is 5.08. The van der Waals surface area contributed by atoms with Crippen molar-refractivity contribution in [2.75, 3.05) is 33.3 Å². The zero-order valence-corrected chi connectivity index (χ0v) is 16.8. The van der Waals surface area contributed by atoms with Crippen LogP contribution in [0, 0.1) is 0 Å². The Morgan fingerprint density at radius 1 is 1.00 bits per heavy atom. The number of sulfonamides is 1. The van der Waals surface area contributed by atoms with Crippen LogP contribution in [-0.4, -0.2) is 56.8 Å². The zero-order chi connectivity index (χ0) is 19.9. The number of hydrogen-bond acceptors (Lipinski definition) is 4. The number of hydrogen-bond donors (Lipinski definition) is 0. The molecule has 27 heavy (non-hydrogen) atoms. The van der Waals surface area contributed by atoms with Gasteiger partial charge in [0, 0.05) is 25.7 Å². The molecule has 0 bridgehead atoms. The van der Waals surface area contributed by atoms with Crippen LogP contribution in [0.2, 0.25) is 0 Å². The first-order valence-electron chi connectivity index (χ1n) is 8.93. The Balaban J connectivity index is 2.05. The van der Waals surface area contributed by atoms with Gasteiger partial charge in [0.2, 0.25) is 10.0 Å². The van der Waals surface area contributed by atoms with Crippen molar-refractivity contribution < 1.29 is 17.9 Å². The number of likely N-dealkylation sites (N-methyl/N-ethyl adjacent to an activating group) is 1. The molecule has 2 rings (SSSR count). The van der Waals surface area contributed by atoms with Crippen LogP contribution in [0.1, 0.15) is 24.2 Å². The van der Waals surface area contributed by atoms with Gasteiger partial charge in [0.15, 0.2) is 0 Å². The topological polar surface area (TPSA) is 66.9 Å². The van der Waals surface area contributed by atoms with Gasteiger partial charge in [-0.05, 0) is 30.3 Å². The summed E-state index contributed by atoms with van der Waals surface area (Å²) in [6, 6.07) is 15.5. The van der Waals surface area contributed by atoms with E-state index in [9.17, 15) is 13.2 Å². The molecule has 0 radical (unpaired) electrons. The fraction of sp³-hybridized carbons (Fsp3) is 0.350. The van der Waals surface area contributed by atoms with Gasteiger partial charge in [0.1, 0.15) is 12.4 Å². The molecule has 2 aromatic carbocycles. The second-order valence-corrected chi connectivity index (χ2v) is 7.94. The van der Waals surface area contributed by atoms with Gasteiger partial charge in [-0.15, -0.1) is 0 Å². The molecule has 0 spiro atoms. The van der Waals surface area contributed by atoms with Gasteiger partial charge in [-0.2, -0.15) is 4.31 Å². The van der Waals surface area contributed by atoms with Crippen LogP contribution in [-0.2, 0) is 10.0 Å². The van der Waals surface area contributed by atoms with E-state index in [4.69, 9.17) is 4.74 Å². The largest absolute Gasteiger partial charge is 0.492 e. The Kier molecular flexibility index (Phi) is 7.38. The fourth-order valence-corrected chi connectivity index (χ4v) is 4.15. The third-order valence-corrected chi connectivity index (χ3v) is 6.26. The molecule has 1 amide bonds. The van der Waals surface area contributed by atoms with Crippen molar-refractivity contribution in [3.05, 3.63) is 60.2 Å². The molecule has 0 aliphatic heterocycles. The molecular formula is C20H26N2O4S. The van der Waals surface area contributed by atoms with Gasteiger partial charge in [-0.1, -0.05) is 38.1 Å². The summed E-state index contributed by atoms with van der Waals surface area (Å²) in [5, 5.41) is 0. The lowest BCUT2D eigenvalue weighted by Crippen LogP contribution is -2.32. The predicted molar refractivity (Wildman–Crippen MR) is 105 cm³/mol. The molecule has 0 N–H and O–H groups in total. The summed E-state index contributed by atoms with van der Waals surface area (Å²) >= 11 is 0. The van der Waals surface area contributed by atoms with Crippen molar-refractivity contribution in [2.24, 2.45) is 0 Å². The Morgan fingerprint density at radius 2 is 1.67 bits per heavy atom. The minimum atomic E-state index is -3.60. The van der Waals surface area contributed by atoms with Gasteiger partial charge in [0.25, 0.3) is 5.91 Å². The molecule has 0 aliphatic rings. The molecule has 0 atom stereocenters. The van der Waals surface area contributed by atoms with Gasteiger partial charge in [-0.25, -0.2) is 8.42 Å². The Hall–Kier alpha value is -2.38. The lowest BCUT2D eigenvalue weighted by molar-refractivity contribution is 0.0773. The van der Waals surface area contributed by atoms with Crippen LogP contribution in [0.5, 0.6) is 5.75 Å². The van der Waals surface area contributed by atoms with Crippen molar-refractivity contribution >= 4 is 15.9 Å². The Bertz CT molecular complexity index is 849. The first-order valence-corrected chi connectivity index (χ1v) is 10.4. The summed E-state index contributed by atoms with van der Waals surface area (Å²) < 4.78 is 32.3. The van der Waals surface area contributed by atoms with Crippen molar-refractivity contribution in [1.82, 2.24) is 9.21 Å². The van der Waals surface area contributed by atoms with Crippen LogP contribution >= 0.6 is 0 Å². The minimum Gasteiger partial charge on any atom is -0.492 e. The first-order chi connectivity index (χ1) is 12.9. The molecular weight excluding hydrogens is 364 g/mol. The minimum absolute atomic E-state index is 0.131. The quantitative estimate of drug-likeness (QED) is 0.660. The van der Waals surface area contributed by atoms with Crippen molar-refractivity contribution in [3.63, 3.8) is 0 Å². The number of ether oxygens (including phenoxy) is 1. The lowest BCUT2D eigenvalue weighted by atomic mass is 10.2. The molecule has 7 heteroatoms. The molecule has 6 nitrogen and oxygen atoms in total. The first kappa shape index (κ1) is 20.9. The number of carbonyl (C=O) groups is 1. The summed E-state index contributed by atoms with van der Waals surface area (Å²) in [5.74, 6) is 0.494. The SMILES string of the molecule is CCN(CC)S(=O)(=O)c1cccc(C(=O)N(C)CCOc2ccccc2)c1. The molecule has 0 aromatic heterocycles. The van der Waals surface area contributed by atoms with E-state index in [0.29, 0.717) is 31.8 Å². The summed E-state index contributed by atoms with van der Waals surface area (Å²) in [6.07, 6.45) is 0. The predicted octanol–water partition coefficient (Wildman–Crippen LogP) is 2.87. The van der Waals surface area contributed by atoms with Crippen LogP contribution in [0.3, 0.4) is 0 Å². The highest BCUT2D eigenvalue weighted by Gasteiger charge is 2.23. The molecule has 0 saturated carbocycles. The number of nitrogens with zero attached hydrogens (tertiary/aromatic N) is 2. The maximum absolute atomic E-state index is 12.6. The monoisotopic (exact) mass is 390 g/mol. The van der Waals surface area contributed by atoms with Gasteiger partial charge in [-0.3, -0.25) is 4.79 Å². The zero-order valence-electron chi connectivity index (χ0n) is 16.0. The molecule has 0 fully saturated rings. The van der Waals surface area contributed by atoms with E-state index in [0.717, 1.165) is 5.75 Å². The molecule has 0 aliphatic carbocycles. The van der Waals surface area contributed by atoms with Crippen LogP contribution in [0.15, 0.2) is 59.5 Å². The highest BCUT2D eigenvalue weighted by molar-refractivity contribution is 7.89. The Morgan fingerprint density at radius 3 is 2.30 bits per heavy atom. The van der Waals surface area contributed by atoms with Crippen molar-refractivity contribution in [2.45, 2.75) is 18.7 Å². The maximum atomic E-state index is 12.6. The number of rotatable bonds is 9. The highest BCUT2D eigenvalue weighted by atomic mass is 32.2. The molecule has 0 saturated heterocycles. The Labute approximate surface area is 161 Å². The third-order valence-electron chi connectivity index (χ3n) is 4.21. The average molecular weight is 391 g/mol. The molecule has 2 aromatic rings. The molecule has 146 valence electrons. The van der Waals surface area contributed by atoms with E-state index in [1.807, 2.05) is 30.3 Å². The number of amides is 1. The van der Waals surface area contributed by atoms with E-state index in [1.165, 1.54) is 21.3 Å². The van der Waals surface area contributed by atoms with Crippen LogP contribution < -0.4 is 4.74 Å². The van der Waals surface area contributed by atoms with Crippen molar-refractivity contribution in [3.8, 4) is 5.75 Å². The third kappa shape index (κ3) is 5.30. The smallest absolute Gasteiger partial charge is 0.253 e. The second-order valence-electron chi connectivity index (χ2n) is 6.01. The fourth-order valence-electron chi connectivity index (χ4n) is 2.64. The lowest BCUT2D eigenvalue weighted by Gasteiger charge is -2.20. The summed E-state index contributed by atoms with van der Waals surface area (Å²) in [5.41, 5.74) is 0.338.